The van der Waals surface area contributed by atoms with Crippen LogP contribution in [0.2, 0.25) is 0 Å². The van der Waals surface area contributed by atoms with E-state index in [9.17, 15) is 9.59 Å². The van der Waals surface area contributed by atoms with E-state index >= 15 is 0 Å². The minimum absolute atomic E-state index is 0.0907. The summed E-state index contributed by atoms with van der Waals surface area (Å²) in [5.74, 6) is 6.87. The van der Waals surface area contributed by atoms with Gasteiger partial charge in [-0.2, -0.15) is 0 Å². The summed E-state index contributed by atoms with van der Waals surface area (Å²) in [6.45, 7) is 4.56. The molecule has 0 aromatic heterocycles. The van der Waals surface area contributed by atoms with Gasteiger partial charge in [0, 0.05) is 0 Å². The van der Waals surface area contributed by atoms with Gasteiger partial charge in [-0.3, -0.25) is 9.59 Å². The van der Waals surface area contributed by atoms with Gasteiger partial charge in [0.05, 0.1) is 10.8 Å². The van der Waals surface area contributed by atoms with Crippen molar-refractivity contribution in [1.29, 1.82) is 0 Å². The molecule has 0 aromatic rings. The molecule has 0 amide bonds. The third kappa shape index (κ3) is 3.26. The molecule has 12 aliphatic carbocycles. The van der Waals surface area contributed by atoms with Crippen molar-refractivity contribution >= 4 is 11.9 Å². The van der Waals surface area contributed by atoms with Gasteiger partial charge in [-0.05, 0) is 175 Å². The molecule has 12 bridgehead atoms. The lowest BCUT2D eigenvalue weighted by Gasteiger charge is -2.64. The van der Waals surface area contributed by atoms with Crippen LogP contribution in [0.25, 0.3) is 0 Å². The molecule has 0 spiro atoms. The van der Waals surface area contributed by atoms with Crippen LogP contribution in [-0.2, 0) is 19.1 Å². The molecule has 0 N–H and O–H groups in total. The first-order valence-electron chi connectivity index (χ1n) is 17.7. The molecular formula is C36H52O4. The summed E-state index contributed by atoms with van der Waals surface area (Å²) < 4.78 is 13.9. The Bertz CT molecular complexity index is 952. The molecule has 12 saturated carbocycles. The predicted octanol–water partition coefficient (Wildman–Crippen LogP) is 7.87. The van der Waals surface area contributed by atoms with E-state index in [2.05, 4.69) is 13.8 Å². The average Bonchev–Trinajstić information content (AvgIpc) is 2.91. The molecule has 0 unspecified atom stereocenters. The molecule has 4 heteroatoms. The van der Waals surface area contributed by atoms with E-state index in [-0.39, 0.29) is 23.1 Å². The third-order valence-electron chi connectivity index (χ3n) is 15.6. The zero-order valence-corrected chi connectivity index (χ0v) is 25.1. The van der Waals surface area contributed by atoms with Crippen LogP contribution < -0.4 is 0 Å². The lowest BCUT2D eigenvalue weighted by atomic mass is 9.44. The SMILES string of the molecule is CCC1(OC(=O)C23CC4CC(C2)CC(C(=O)OC2(CC)C5CC6CC(C5)CC2C6)(C4)C3)C2CC3CC(C2)CC1C3. The van der Waals surface area contributed by atoms with E-state index in [0.717, 1.165) is 62.2 Å². The normalized spacial score (nSPS) is 58.0. The van der Waals surface area contributed by atoms with E-state index < -0.39 is 10.8 Å². The Balaban J connectivity index is 0.994. The van der Waals surface area contributed by atoms with Crippen molar-refractivity contribution in [1.82, 2.24) is 0 Å². The Labute approximate surface area is 241 Å². The summed E-state index contributed by atoms with van der Waals surface area (Å²) in [4.78, 5) is 29.1. The van der Waals surface area contributed by atoms with Crippen LogP contribution in [0, 0.1) is 70.0 Å². The van der Waals surface area contributed by atoms with Crippen molar-refractivity contribution in [3.8, 4) is 0 Å². The molecule has 220 valence electrons. The fourth-order valence-corrected chi connectivity index (χ4v) is 14.9. The Morgan fingerprint density at radius 2 is 0.800 bits per heavy atom. The van der Waals surface area contributed by atoms with Gasteiger partial charge in [0.25, 0.3) is 0 Å². The van der Waals surface area contributed by atoms with Gasteiger partial charge in [0.1, 0.15) is 11.2 Å². The molecule has 40 heavy (non-hydrogen) atoms. The van der Waals surface area contributed by atoms with Crippen molar-refractivity contribution in [3.05, 3.63) is 0 Å². The lowest BCUT2D eigenvalue weighted by molar-refractivity contribution is -0.242. The maximum Gasteiger partial charge on any atom is 0.312 e. The average molecular weight is 549 g/mol. The minimum Gasteiger partial charge on any atom is -0.458 e. The molecule has 0 radical (unpaired) electrons. The van der Waals surface area contributed by atoms with E-state index in [4.69, 9.17) is 9.47 Å². The third-order valence-corrected chi connectivity index (χ3v) is 15.6. The van der Waals surface area contributed by atoms with Gasteiger partial charge >= 0.3 is 11.9 Å². The van der Waals surface area contributed by atoms with Crippen molar-refractivity contribution in [2.45, 2.75) is 141 Å². The summed E-state index contributed by atoms with van der Waals surface area (Å²) in [5, 5.41) is 0. The first-order chi connectivity index (χ1) is 19.3. The van der Waals surface area contributed by atoms with Crippen LogP contribution in [0.15, 0.2) is 0 Å². The highest BCUT2D eigenvalue weighted by Gasteiger charge is 2.68. The maximum atomic E-state index is 14.6. The van der Waals surface area contributed by atoms with E-state index in [1.165, 1.54) is 70.6 Å². The second-order valence-corrected chi connectivity index (χ2v) is 17.5. The van der Waals surface area contributed by atoms with Crippen LogP contribution >= 0.6 is 0 Å². The molecule has 12 rings (SSSR count). The Kier molecular flexibility index (Phi) is 5.28. The number of rotatable bonds is 6. The topological polar surface area (TPSA) is 52.6 Å². The van der Waals surface area contributed by atoms with Crippen molar-refractivity contribution < 1.29 is 19.1 Å². The quantitative estimate of drug-likeness (QED) is 0.317. The van der Waals surface area contributed by atoms with Crippen LogP contribution in [0.4, 0.5) is 0 Å². The summed E-state index contributed by atoms with van der Waals surface area (Å²) in [6.07, 6.45) is 20.6. The molecule has 12 fully saturated rings. The highest BCUT2D eigenvalue weighted by Crippen LogP contribution is 2.69. The number of hydrogen-bond acceptors (Lipinski definition) is 4. The van der Waals surface area contributed by atoms with Crippen LogP contribution in [0.3, 0.4) is 0 Å². The monoisotopic (exact) mass is 548 g/mol. The van der Waals surface area contributed by atoms with Crippen LogP contribution in [0.1, 0.15) is 129 Å². The highest BCUT2D eigenvalue weighted by atomic mass is 16.6. The molecule has 0 saturated heterocycles. The van der Waals surface area contributed by atoms with Crippen LogP contribution in [-0.4, -0.2) is 23.1 Å². The van der Waals surface area contributed by atoms with E-state index in [1.54, 1.807) is 0 Å². The Hall–Kier alpha value is -1.06. The van der Waals surface area contributed by atoms with Crippen LogP contribution in [0.5, 0.6) is 0 Å². The molecule has 12 aliphatic rings. The second-order valence-electron chi connectivity index (χ2n) is 17.5. The number of carbonyl (C=O) groups is 2. The number of esters is 2. The van der Waals surface area contributed by atoms with Gasteiger partial charge in [-0.1, -0.05) is 13.8 Å². The summed E-state index contributed by atoms with van der Waals surface area (Å²) in [6, 6.07) is 0. The van der Waals surface area contributed by atoms with Gasteiger partial charge in [-0.25, -0.2) is 0 Å². The Morgan fingerprint density at radius 3 is 1.10 bits per heavy atom. The number of carbonyl (C=O) groups excluding carboxylic acids is 2. The molecule has 0 aliphatic heterocycles. The highest BCUT2D eigenvalue weighted by molar-refractivity contribution is 5.83. The first kappa shape index (κ1) is 25.4. The largest absolute Gasteiger partial charge is 0.458 e. The molecule has 4 nitrogen and oxygen atoms in total. The van der Waals surface area contributed by atoms with Gasteiger partial charge in [-0.15, -0.1) is 0 Å². The zero-order valence-electron chi connectivity index (χ0n) is 25.1. The first-order valence-corrected chi connectivity index (χ1v) is 17.7. The van der Waals surface area contributed by atoms with Crippen molar-refractivity contribution in [2.75, 3.05) is 0 Å². The van der Waals surface area contributed by atoms with Gasteiger partial charge in [0.15, 0.2) is 0 Å². The van der Waals surface area contributed by atoms with Crippen molar-refractivity contribution in [2.24, 2.45) is 70.0 Å². The second kappa shape index (κ2) is 8.31. The van der Waals surface area contributed by atoms with Crippen molar-refractivity contribution in [3.63, 3.8) is 0 Å². The van der Waals surface area contributed by atoms with Gasteiger partial charge < -0.3 is 9.47 Å². The minimum atomic E-state index is -0.455. The summed E-state index contributed by atoms with van der Waals surface area (Å²) >= 11 is 0. The Morgan fingerprint density at radius 1 is 0.500 bits per heavy atom. The fraction of sp³-hybridized carbons (Fsp3) is 0.944. The summed E-state index contributed by atoms with van der Waals surface area (Å²) in [7, 11) is 0. The zero-order chi connectivity index (χ0) is 27.1. The van der Waals surface area contributed by atoms with E-state index in [0.29, 0.717) is 41.9 Å². The molecule has 0 atom stereocenters. The van der Waals surface area contributed by atoms with Gasteiger partial charge in [0.2, 0.25) is 0 Å². The fourth-order valence-electron chi connectivity index (χ4n) is 14.9. The molecular weight excluding hydrogens is 496 g/mol. The molecule has 0 heterocycles. The summed E-state index contributed by atoms with van der Waals surface area (Å²) in [5.41, 5.74) is -1.39. The lowest BCUT2D eigenvalue weighted by Crippen LogP contribution is -2.64. The smallest absolute Gasteiger partial charge is 0.312 e. The molecule has 0 aromatic carbocycles. The standard InChI is InChI=1S/C36H52O4/c1-3-35(27-8-21-5-22(10-27)11-28(35)9-21)39-31(37)33-16-25-7-26(17-33)19-34(18-25,20-33)32(38)40-36(4-2)29-12-23-6-24(14-29)15-30(36)13-23/h21-30H,3-20H2,1-2H3. The van der Waals surface area contributed by atoms with E-state index in [1.807, 2.05) is 0 Å². The number of hydrogen-bond donors (Lipinski definition) is 0. The number of ether oxygens (including phenoxy) is 2. The predicted molar refractivity (Wildman–Crippen MR) is 152 cm³/mol. The maximum absolute atomic E-state index is 14.6.